The molecule has 1 aliphatic heterocycles. The number of fused-ring (bicyclic) bond motifs is 1. The van der Waals surface area contributed by atoms with Crippen LogP contribution >= 0.6 is 11.8 Å². The molecule has 0 bridgehead atoms. The van der Waals surface area contributed by atoms with Gasteiger partial charge in [0, 0.05) is 30.1 Å². The number of amides is 3. The van der Waals surface area contributed by atoms with Crippen LogP contribution in [-0.4, -0.2) is 58.5 Å². The van der Waals surface area contributed by atoms with Gasteiger partial charge in [-0.2, -0.15) is 0 Å². The molecule has 3 rings (SSSR count). The van der Waals surface area contributed by atoms with Crippen LogP contribution in [0.5, 0.6) is 5.75 Å². The Morgan fingerprint density at radius 3 is 2.89 bits per heavy atom. The molecule has 0 radical (unpaired) electrons. The molecule has 10 heteroatoms. The predicted octanol–water partition coefficient (Wildman–Crippen LogP) is 1.04. The lowest BCUT2D eigenvalue weighted by Gasteiger charge is -2.13. The third kappa shape index (κ3) is 4.59. The van der Waals surface area contributed by atoms with Crippen LogP contribution in [0.1, 0.15) is 5.56 Å². The van der Waals surface area contributed by atoms with Crippen LogP contribution < -0.4 is 5.32 Å². The van der Waals surface area contributed by atoms with Crippen LogP contribution in [-0.2, 0) is 25.5 Å². The number of carbonyl (C=O) groups excluding carboxylic acids is 4. The Labute approximate surface area is 157 Å². The molecule has 1 aliphatic rings. The smallest absolute Gasteiger partial charge is 0.310 e. The summed E-state index contributed by atoms with van der Waals surface area (Å²) in [6.07, 6.45) is 1.31. The second kappa shape index (κ2) is 8.12. The Balaban J connectivity index is 1.41. The normalized spacial score (nSPS) is 14.0. The Bertz CT molecular complexity index is 892. The lowest BCUT2D eigenvalue weighted by atomic mass is 10.1. The second-order valence-electron chi connectivity index (χ2n) is 5.73. The van der Waals surface area contributed by atoms with E-state index in [1.807, 2.05) is 0 Å². The number of hydrogen-bond donors (Lipinski definition) is 2. The van der Waals surface area contributed by atoms with E-state index >= 15 is 0 Å². The summed E-state index contributed by atoms with van der Waals surface area (Å²) in [5.74, 6) is -1.25. The molecule has 0 unspecified atom stereocenters. The molecule has 27 heavy (non-hydrogen) atoms. The van der Waals surface area contributed by atoms with E-state index in [9.17, 15) is 24.3 Å². The quantitative estimate of drug-likeness (QED) is 0.669. The van der Waals surface area contributed by atoms with Gasteiger partial charge in [0.05, 0.1) is 18.4 Å². The van der Waals surface area contributed by atoms with Crippen molar-refractivity contribution < 1.29 is 33.4 Å². The number of aromatic hydroxyl groups is 1. The van der Waals surface area contributed by atoms with E-state index in [4.69, 9.17) is 9.15 Å². The van der Waals surface area contributed by atoms with Gasteiger partial charge in [0.25, 0.3) is 11.1 Å². The lowest BCUT2D eigenvalue weighted by molar-refractivity contribution is -0.147. The third-order valence-electron chi connectivity index (χ3n) is 3.84. The second-order valence-corrected chi connectivity index (χ2v) is 6.66. The van der Waals surface area contributed by atoms with E-state index in [-0.39, 0.29) is 42.2 Å². The first-order chi connectivity index (χ1) is 12.9. The highest BCUT2D eigenvalue weighted by molar-refractivity contribution is 8.14. The van der Waals surface area contributed by atoms with Crippen molar-refractivity contribution in [2.45, 2.75) is 6.42 Å². The highest BCUT2D eigenvalue weighted by Crippen LogP contribution is 2.25. The minimum atomic E-state index is -0.609. The fourth-order valence-electron chi connectivity index (χ4n) is 2.52. The van der Waals surface area contributed by atoms with Crippen molar-refractivity contribution in [1.29, 1.82) is 0 Å². The fraction of sp³-hybridized carbons (Fsp3) is 0.294. The molecule has 2 N–H and O–H groups in total. The highest BCUT2D eigenvalue weighted by atomic mass is 32.2. The van der Waals surface area contributed by atoms with E-state index < -0.39 is 18.5 Å². The predicted molar refractivity (Wildman–Crippen MR) is 95.1 cm³/mol. The molecule has 1 aromatic heterocycles. The number of imide groups is 1. The van der Waals surface area contributed by atoms with Gasteiger partial charge in [-0.25, -0.2) is 0 Å². The van der Waals surface area contributed by atoms with Crippen LogP contribution in [0.25, 0.3) is 11.0 Å². The minimum absolute atomic E-state index is 0.0542. The number of hydrogen-bond acceptors (Lipinski definition) is 8. The zero-order valence-corrected chi connectivity index (χ0v) is 14.9. The van der Waals surface area contributed by atoms with Gasteiger partial charge >= 0.3 is 5.97 Å². The van der Waals surface area contributed by atoms with Gasteiger partial charge in [-0.3, -0.25) is 24.1 Å². The molecule has 1 saturated heterocycles. The summed E-state index contributed by atoms with van der Waals surface area (Å²) in [7, 11) is 0. The van der Waals surface area contributed by atoms with Crippen LogP contribution in [0, 0.1) is 0 Å². The van der Waals surface area contributed by atoms with Crippen molar-refractivity contribution in [2.75, 3.05) is 25.4 Å². The fourth-order valence-corrected chi connectivity index (χ4v) is 3.27. The summed E-state index contributed by atoms with van der Waals surface area (Å²) >= 11 is 0.923. The molecule has 0 saturated carbocycles. The minimum Gasteiger partial charge on any atom is -0.508 e. The number of rotatable bonds is 7. The number of thioether (sulfide) groups is 1. The lowest BCUT2D eigenvalue weighted by Crippen LogP contribution is -2.38. The first-order valence-corrected chi connectivity index (χ1v) is 9.01. The first kappa shape index (κ1) is 18.8. The Morgan fingerprint density at radius 2 is 2.15 bits per heavy atom. The van der Waals surface area contributed by atoms with Crippen molar-refractivity contribution >= 4 is 45.8 Å². The number of nitrogens with one attached hydrogen (secondary N) is 1. The number of phenols is 1. The van der Waals surface area contributed by atoms with E-state index in [0.29, 0.717) is 16.5 Å². The van der Waals surface area contributed by atoms with Crippen LogP contribution in [0.2, 0.25) is 0 Å². The molecule has 2 aromatic rings. The van der Waals surface area contributed by atoms with Crippen molar-refractivity contribution in [3.8, 4) is 5.75 Å². The van der Waals surface area contributed by atoms with Gasteiger partial charge in [-0.1, -0.05) is 11.8 Å². The summed E-state index contributed by atoms with van der Waals surface area (Å²) in [5.41, 5.74) is 1.03. The van der Waals surface area contributed by atoms with Gasteiger partial charge in [0.1, 0.15) is 11.3 Å². The van der Waals surface area contributed by atoms with Crippen molar-refractivity contribution in [3.63, 3.8) is 0 Å². The van der Waals surface area contributed by atoms with Gasteiger partial charge in [-0.15, -0.1) is 0 Å². The van der Waals surface area contributed by atoms with Gasteiger partial charge in [0.2, 0.25) is 5.91 Å². The number of nitrogens with zero attached hydrogens (tertiary/aromatic N) is 1. The van der Waals surface area contributed by atoms with Crippen LogP contribution in [0.4, 0.5) is 4.79 Å². The number of furan rings is 1. The summed E-state index contributed by atoms with van der Waals surface area (Å²) < 4.78 is 10.2. The molecule has 0 spiro atoms. The zero-order valence-electron chi connectivity index (χ0n) is 14.1. The number of ether oxygens (including phenoxy) is 1. The maximum atomic E-state index is 11.9. The maximum absolute atomic E-state index is 11.9. The van der Waals surface area contributed by atoms with E-state index in [1.165, 1.54) is 18.4 Å². The van der Waals surface area contributed by atoms with Crippen molar-refractivity contribution in [3.05, 3.63) is 30.0 Å². The number of esters is 1. The molecule has 0 aliphatic carbocycles. The molecular weight excluding hydrogens is 376 g/mol. The third-order valence-corrected chi connectivity index (χ3v) is 4.70. The molecule has 9 nitrogen and oxygen atoms in total. The Kier molecular flexibility index (Phi) is 5.65. The number of carbonyl (C=O) groups is 4. The Morgan fingerprint density at radius 1 is 1.33 bits per heavy atom. The topological polar surface area (TPSA) is 126 Å². The summed E-state index contributed by atoms with van der Waals surface area (Å²) in [6.45, 7) is -0.297. The molecular formula is C17H16N2O7S. The van der Waals surface area contributed by atoms with Crippen molar-refractivity contribution in [2.24, 2.45) is 0 Å². The molecule has 2 heterocycles. The molecule has 1 aromatic carbocycles. The molecule has 142 valence electrons. The average Bonchev–Trinajstić information content (AvgIpc) is 3.17. The molecule has 1 fully saturated rings. The summed E-state index contributed by atoms with van der Waals surface area (Å²) in [5, 5.41) is 12.2. The first-order valence-electron chi connectivity index (χ1n) is 8.02. The number of phenolic OH excluding ortho intramolecular Hbond substituents is 1. The number of benzene rings is 1. The zero-order chi connectivity index (χ0) is 19.4. The highest BCUT2D eigenvalue weighted by Gasteiger charge is 2.29. The van der Waals surface area contributed by atoms with Gasteiger partial charge < -0.3 is 19.6 Å². The van der Waals surface area contributed by atoms with E-state index in [0.717, 1.165) is 16.7 Å². The van der Waals surface area contributed by atoms with Crippen LogP contribution in [0.15, 0.2) is 28.9 Å². The summed E-state index contributed by atoms with van der Waals surface area (Å²) in [4.78, 5) is 47.5. The van der Waals surface area contributed by atoms with Crippen molar-refractivity contribution in [1.82, 2.24) is 10.2 Å². The standard InChI is InChI=1S/C17H16N2O7S/c20-11-1-2-12-10(7-25-13(12)6-11)5-16(23)26-8-14(21)18-3-4-19-15(22)9-27-17(19)24/h1-2,6-7,20H,3-5,8-9H2,(H,18,21). The average molecular weight is 392 g/mol. The van der Waals surface area contributed by atoms with Gasteiger partial charge in [-0.05, 0) is 12.1 Å². The van der Waals surface area contributed by atoms with E-state index in [1.54, 1.807) is 6.07 Å². The maximum Gasteiger partial charge on any atom is 0.310 e. The monoisotopic (exact) mass is 392 g/mol. The molecule has 0 atom stereocenters. The van der Waals surface area contributed by atoms with E-state index in [2.05, 4.69) is 5.32 Å². The summed E-state index contributed by atoms with van der Waals surface area (Å²) in [6, 6.07) is 4.54. The molecule has 3 amide bonds. The largest absolute Gasteiger partial charge is 0.508 e. The SMILES string of the molecule is O=C(COC(=O)Cc1coc2cc(O)ccc12)NCCN1C(=O)CSC1=O. The van der Waals surface area contributed by atoms with Gasteiger partial charge in [0.15, 0.2) is 6.61 Å². The Hall–Kier alpha value is -3.01. The van der Waals surface area contributed by atoms with Crippen LogP contribution in [0.3, 0.4) is 0 Å².